The second kappa shape index (κ2) is 8.13. The van der Waals surface area contributed by atoms with Gasteiger partial charge in [-0.2, -0.15) is 0 Å². The van der Waals surface area contributed by atoms with E-state index in [1.807, 2.05) is 36.4 Å². The van der Waals surface area contributed by atoms with E-state index in [0.29, 0.717) is 44.1 Å². The first-order valence-corrected chi connectivity index (χ1v) is 12.0. The van der Waals surface area contributed by atoms with Crippen molar-refractivity contribution in [3.63, 3.8) is 0 Å². The summed E-state index contributed by atoms with van der Waals surface area (Å²) in [6, 6.07) is 11.4. The topological polar surface area (TPSA) is 95.8 Å². The lowest BCUT2D eigenvalue weighted by atomic mass is 10.3. The zero-order valence-corrected chi connectivity index (χ0v) is 17.6. The minimum atomic E-state index is -3.23. The van der Waals surface area contributed by atoms with E-state index < -0.39 is 10.0 Å². The number of nitrogens with one attached hydrogen (secondary N) is 1. The van der Waals surface area contributed by atoms with Crippen LogP contribution in [0.4, 0.5) is 4.79 Å². The zero-order chi connectivity index (χ0) is 20.4. The van der Waals surface area contributed by atoms with Gasteiger partial charge in [-0.3, -0.25) is 0 Å². The van der Waals surface area contributed by atoms with E-state index in [0.717, 1.165) is 15.2 Å². The number of fused-ring (bicyclic) bond motifs is 1. The maximum absolute atomic E-state index is 12.5. The molecule has 1 N–H and O–H groups in total. The second-order valence-electron chi connectivity index (χ2n) is 6.91. The van der Waals surface area contributed by atoms with E-state index in [1.165, 1.54) is 10.6 Å². The van der Waals surface area contributed by atoms with Crippen LogP contribution in [0.15, 0.2) is 40.8 Å². The van der Waals surface area contributed by atoms with Crippen molar-refractivity contribution in [2.45, 2.75) is 13.0 Å². The fourth-order valence-electron chi connectivity index (χ4n) is 3.27. The Morgan fingerprint density at radius 3 is 2.79 bits per heavy atom. The molecule has 0 saturated carbocycles. The minimum Gasteiger partial charge on any atom is -0.457 e. The number of benzene rings is 1. The van der Waals surface area contributed by atoms with Crippen LogP contribution >= 0.6 is 11.3 Å². The molecule has 1 aliphatic rings. The molecule has 2 aromatic heterocycles. The molecule has 3 aromatic rings. The number of rotatable bonds is 4. The highest BCUT2D eigenvalue weighted by Crippen LogP contribution is 2.31. The van der Waals surface area contributed by atoms with Gasteiger partial charge in [-0.15, -0.1) is 11.3 Å². The quantitative estimate of drug-likeness (QED) is 0.681. The Morgan fingerprint density at radius 1 is 1.17 bits per heavy atom. The van der Waals surface area contributed by atoms with Gasteiger partial charge in [0.25, 0.3) is 0 Å². The molecule has 0 atom stereocenters. The van der Waals surface area contributed by atoms with Crippen molar-refractivity contribution in [1.29, 1.82) is 0 Å². The highest BCUT2D eigenvalue weighted by Gasteiger charge is 2.23. The predicted octanol–water partition coefficient (Wildman–Crippen LogP) is 2.73. The minimum absolute atomic E-state index is 0.224. The third kappa shape index (κ3) is 4.60. The predicted molar refractivity (Wildman–Crippen MR) is 112 cm³/mol. The Morgan fingerprint density at radius 2 is 2.00 bits per heavy atom. The van der Waals surface area contributed by atoms with E-state index in [4.69, 9.17) is 4.42 Å². The molecule has 10 heteroatoms. The van der Waals surface area contributed by atoms with Gasteiger partial charge in [0, 0.05) is 26.2 Å². The van der Waals surface area contributed by atoms with Gasteiger partial charge in [-0.25, -0.2) is 22.5 Å². The average molecular weight is 435 g/mol. The number of carbonyl (C=O) groups excluding carboxylic acids is 1. The lowest BCUT2D eigenvalue weighted by Crippen LogP contribution is -2.42. The summed E-state index contributed by atoms with van der Waals surface area (Å²) >= 11 is 1.56. The zero-order valence-electron chi connectivity index (χ0n) is 16.0. The number of aromatic nitrogens is 1. The number of sulfonamides is 1. The number of thiazole rings is 1. The molecule has 2 amide bonds. The molecular weight excluding hydrogens is 412 g/mol. The van der Waals surface area contributed by atoms with Crippen molar-refractivity contribution >= 4 is 37.6 Å². The third-order valence-corrected chi connectivity index (χ3v) is 7.15. The van der Waals surface area contributed by atoms with Crippen molar-refractivity contribution in [3.8, 4) is 10.8 Å². The van der Waals surface area contributed by atoms with Gasteiger partial charge >= 0.3 is 6.03 Å². The molecule has 0 spiro atoms. The van der Waals surface area contributed by atoms with Crippen LogP contribution in [0.3, 0.4) is 0 Å². The summed E-state index contributed by atoms with van der Waals surface area (Å²) in [6.07, 6.45) is 1.81. The van der Waals surface area contributed by atoms with Crippen LogP contribution in [-0.4, -0.2) is 61.1 Å². The monoisotopic (exact) mass is 434 g/mol. The normalized spacial score (nSPS) is 16.1. The number of urea groups is 1. The number of hydrogen-bond acceptors (Lipinski definition) is 6. The molecule has 154 valence electrons. The third-order valence-electron chi connectivity index (χ3n) is 4.79. The Kier molecular flexibility index (Phi) is 5.57. The highest BCUT2D eigenvalue weighted by molar-refractivity contribution is 7.88. The summed E-state index contributed by atoms with van der Waals surface area (Å²) in [5.41, 5.74) is 0.933. The SMILES string of the molecule is CS(=O)(=O)N1CCCN(C(=O)NCc2ccc(-c3nc4ccccc4s3)o2)CC1. The van der Waals surface area contributed by atoms with E-state index in [-0.39, 0.29) is 12.6 Å². The van der Waals surface area contributed by atoms with Gasteiger partial charge in [-0.1, -0.05) is 12.1 Å². The van der Waals surface area contributed by atoms with Crippen LogP contribution in [0.5, 0.6) is 0 Å². The van der Waals surface area contributed by atoms with E-state index in [2.05, 4.69) is 10.3 Å². The molecule has 1 saturated heterocycles. The van der Waals surface area contributed by atoms with Crippen LogP contribution in [0, 0.1) is 0 Å². The molecular formula is C19H22N4O4S2. The first kappa shape index (κ1) is 19.9. The number of para-hydroxylation sites is 1. The smallest absolute Gasteiger partial charge is 0.317 e. The molecule has 0 bridgehead atoms. The summed E-state index contributed by atoms with van der Waals surface area (Å²) in [4.78, 5) is 18.7. The maximum Gasteiger partial charge on any atom is 0.317 e. The lowest BCUT2D eigenvalue weighted by Gasteiger charge is -2.21. The summed E-state index contributed by atoms with van der Waals surface area (Å²) < 4.78 is 31.7. The Balaban J connectivity index is 1.35. The van der Waals surface area contributed by atoms with Gasteiger partial charge in [0.15, 0.2) is 10.8 Å². The highest BCUT2D eigenvalue weighted by atomic mass is 32.2. The molecule has 0 aliphatic carbocycles. The fourth-order valence-corrected chi connectivity index (χ4v) is 5.07. The summed E-state index contributed by atoms with van der Waals surface area (Å²) in [6.45, 7) is 1.90. The van der Waals surface area contributed by atoms with Gasteiger partial charge in [0.1, 0.15) is 5.76 Å². The molecule has 0 unspecified atom stereocenters. The molecule has 3 heterocycles. The standard InChI is InChI=1S/C19H22N4O4S2/c1-29(25,26)23-10-4-9-22(11-12-23)19(24)20-13-14-7-8-16(27-14)18-21-15-5-2-3-6-17(15)28-18/h2-3,5-8H,4,9-13H2,1H3,(H,20,24). The Labute approximate surface area is 173 Å². The van der Waals surface area contributed by atoms with Crippen molar-refractivity contribution < 1.29 is 17.6 Å². The second-order valence-corrected chi connectivity index (χ2v) is 9.93. The average Bonchev–Trinajstić information content (AvgIpc) is 3.25. The van der Waals surface area contributed by atoms with Crippen LogP contribution in [0.25, 0.3) is 21.0 Å². The van der Waals surface area contributed by atoms with E-state index in [1.54, 1.807) is 16.2 Å². The number of furan rings is 1. The molecule has 1 aromatic carbocycles. The van der Waals surface area contributed by atoms with Crippen molar-refractivity contribution in [2.24, 2.45) is 0 Å². The van der Waals surface area contributed by atoms with Crippen LogP contribution in [-0.2, 0) is 16.6 Å². The van der Waals surface area contributed by atoms with Crippen LogP contribution < -0.4 is 5.32 Å². The molecule has 1 fully saturated rings. The Hall–Kier alpha value is -2.43. The van der Waals surface area contributed by atoms with Gasteiger partial charge < -0.3 is 14.6 Å². The van der Waals surface area contributed by atoms with E-state index >= 15 is 0 Å². The summed E-state index contributed by atoms with van der Waals surface area (Å²) in [7, 11) is -3.23. The van der Waals surface area contributed by atoms with E-state index in [9.17, 15) is 13.2 Å². The molecule has 0 radical (unpaired) electrons. The van der Waals surface area contributed by atoms with Gasteiger partial charge in [-0.05, 0) is 30.7 Å². The number of carbonyl (C=O) groups is 1. The van der Waals surface area contributed by atoms with Crippen molar-refractivity contribution in [3.05, 3.63) is 42.2 Å². The fraction of sp³-hybridized carbons (Fsp3) is 0.368. The molecule has 4 rings (SSSR count). The number of nitrogens with zero attached hydrogens (tertiary/aromatic N) is 3. The van der Waals surface area contributed by atoms with Crippen molar-refractivity contribution in [2.75, 3.05) is 32.4 Å². The molecule has 29 heavy (non-hydrogen) atoms. The molecule has 1 aliphatic heterocycles. The summed E-state index contributed by atoms with van der Waals surface area (Å²) in [5.74, 6) is 1.31. The lowest BCUT2D eigenvalue weighted by molar-refractivity contribution is 0.199. The maximum atomic E-state index is 12.5. The van der Waals surface area contributed by atoms with Gasteiger partial charge in [0.2, 0.25) is 10.0 Å². The largest absolute Gasteiger partial charge is 0.457 e. The van der Waals surface area contributed by atoms with Crippen LogP contribution in [0.1, 0.15) is 12.2 Å². The first-order chi connectivity index (χ1) is 13.9. The van der Waals surface area contributed by atoms with Gasteiger partial charge in [0.05, 0.1) is 23.0 Å². The number of amides is 2. The Bertz CT molecular complexity index is 1090. The van der Waals surface area contributed by atoms with Crippen molar-refractivity contribution in [1.82, 2.24) is 19.5 Å². The number of hydrogen-bond donors (Lipinski definition) is 1. The molecule has 8 nitrogen and oxygen atoms in total. The van der Waals surface area contributed by atoms with Crippen LogP contribution in [0.2, 0.25) is 0 Å². The summed E-state index contributed by atoms with van der Waals surface area (Å²) in [5, 5.41) is 3.65. The first-order valence-electron chi connectivity index (χ1n) is 9.33.